The van der Waals surface area contributed by atoms with Gasteiger partial charge in [0.25, 0.3) is 0 Å². The van der Waals surface area contributed by atoms with Crippen LogP contribution in [-0.2, 0) is 4.79 Å². The summed E-state index contributed by atoms with van der Waals surface area (Å²) in [6.45, 7) is 7.54. The van der Waals surface area contributed by atoms with Gasteiger partial charge >= 0.3 is 0 Å². The number of halogens is 1. The summed E-state index contributed by atoms with van der Waals surface area (Å²) in [4.78, 5) is 29.7. The first-order valence-electron chi connectivity index (χ1n) is 11.9. The van der Waals surface area contributed by atoms with Gasteiger partial charge in [-0.05, 0) is 43.7 Å². The molecular weight excluding hydrogens is 478 g/mol. The van der Waals surface area contributed by atoms with Crippen LogP contribution in [0.1, 0.15) is 26.2 Å². The lowest BCUT2D eigenvalue weighted by atomic mass is 10.1. The predicted octanol–water partition coefficient (Wildman–Crippen LogP) is 4.58. The number of likely N-dealkylation sites (N-methyl/N-ethyl adjacent to an activating group) is 1. The number of carbonyl (C=O) groups excluding carboxylic acids is 1. The van der Waals surface area contributed by atoms with Gasteiger partial charge in [-0.15, -0.1) is 0 Å². The number of nitrogens with zero attached hydrogens (tertiary/aromatic N) is 5. The van der Waals surface area contributed by atoms with Gasteiger partial charge in [0.05, 0.1) is 5.52 Å². The third-order valence-electron chi connectivity index (χ3n) is 6.66. The van der Waals surface area contributed by atoms with Crippen molar-refractivity contribution in [2.24, 2.45) is 0 Å². The molecule has 2 fully saturated rings. The van der Waals surface area contributed by atoms with Crippen molar-refractivity contribution >= 4 is 38.6 Å². The number of amides is 1. The maximum Gasteiger partial charge on any atom is 0.224 e. The maximum atomic E-state index is 13.0. The summed E-state index contributed by atoms with van der Waals surface area (Å²) < 4.78 is 1.01. The second kappa shape index (κ2) is 9.77. The van der Waals surface area contributed by atoms with Crippen LogP contribution in [0.3, 0.4) is 0 Å². The van der Waals surface area contributed by atoms with Crippen LogP contribution in [0.2, 0.25) is 0 Å². The number of aromatic nitrogens is 2. The maximum absolute atomic E-state index is 13.0. The fourth-order valence-corrected chi connectivity index (χ4v) is 4.97. The van der Waals surface area contributed by atoms with Gasteiger partial charge in [0.2, 0.25) is 5.91 Å². The number of hydrogen-bond donors (Lipinski definition) is 0. The van der Waals surface area contributed by atoms with E-state index in [1.165, 1.54) is 0 Å². The van der Waals surface area contributed by atoms with Crippen LogP contribution < -0.4 is 4.90 Å². The van der Waals surface area contributed by atoms with Crippen molar-refractivity contribution in [2.75, 3.05) is 44.2 Å². The molecule has 33 heavy (non-hydrogen) atoms. The molecule has 0 unspecified atom stereocenters. The van der Waals surface area contributed by atoms with Crippen LogP contribution in [0.5, 0.6) is 0 Å². The molecule has 2 heterocycles. The number of fused-ring (bicyclic) bond motifs is 1. The minimum absolute atomic E-state index is 0.252. The molecule has 0 bridgehead atoms. The number of rotatable bonds is 7. The summed E-state index contributed by atoms with van der Waals surface area (Å²) in [5.74, 6) is 1.92. The molecule has 3 aromatic rings. The molecule has 0 spiro atoms. The molecule has 1 saturated heterocycles. The Hall–Kier alpha value is -2.51. The molecular formula is C26H30BrN5O. The molecule has 2 aliphatic rings. The zero-order chi connectivity index (χ0) is 22.8. The highest BCUT2D eigenvalue weighted by Crippen LogP contribution is 2.36. The van der Waals surface area contributed by atoms with Crippen molar-refractivity contribution in [1.29, 1.82) is 0 Å². The molecule has 1 saturated carbocycles. The monoisotopic (exact) mass is 507 g/mol. The Morgan fingerprint density at radius 1 is 1.06 bits per heavy atom. The van der Waals surface area contributed by atoms with Crippen LogP contribution in [0.15, 0.2) is 53.0 Å². The average molecular weight is 508 g/mol. The lowest BCUT2D eigenvalue weighted by Crippen LogP contribution is -2.49. The topological polar surface area (TPSA) is 52.6 Å². The quantitative estimate of drug-likeness (QED) is 0.468. The van der Waals surface area contributed by atoms with E-state index in [9.17, 15) is 4.79 Å². The van der Waals surface area contributed by atoms with E-state index in [2.05, 4.69) is 44.8 Å². The van der Waals surface area contributed by atoms with Crippen LogP contribution in [-0.4, -0.2) is 71.0 Å². The third kappa shape index (κ3) is 5.04. The highest BCUT2D eigenvalue weighted by molar-refractivity contribution is 9.10. The Balaban J connectivity index is 1.41. The Labute approximate surface area is 203 Å². The van der Waals surface area contributed by atoms with Crippen molar-refractivity contribution < 1.29 is 4.79 Å². The van der Waals surface area contributed by atoms with Gasteiger partial charge in [-0.1, -0.05) is 47.1 Å². The van der Waals surface area contributed by atoms with E-state index in [1.54, 1.807) is 0 Å². The Bertz CT molecular complexity index is 1140. The number of benzene rings is 2. The van der Waals surface area contributed by atoms with E-state index in [0.717, 1.165) is 78.1 Å². The molecule has 1 aliphatic heterocycles. The SMILES string of the molecule is CCN1CCN(C(=O)CCN(c2nc(-c3cccc(Br)c3)nc3ccccc23)C2CC2)CC1. The van der Waals surface area contributed by atoms with Gasteiger partial charge in [0.15, 0.2) is 5.82 Å². The fraction of sp³-hybridized carbons (Fsp3) is 0.423. The number of piperazine rings is 1. The van der Waals surface area contributed by atoms with Gasteiger partial charge in [0, 0.05) is 60.6 Å². The fourth-order valence-electron chi connectivity index (χ4n) is 4.57. The highest BCUT2D eigenvalue weighted by atomic mass is 79.9. The van der Waals surface area contributed by atoms with E-state index in [0.29, 0.717) is 19.0 Å². The molecule has 6 nitrogen and oxygen atoms in total. The van der Waals surface area contributed by atoms with Gasteiger partial charge in [0.1, 0.15) is 5.82 Å². The molecule has 7 heteroatoms. The first kappa shape index (κ1) is 22.3. The largest absolute Gasteiger partial charge is 0.352 e. The molecule has 172 valence electrons. The molecule has 5 rings (SSSR count). The van der Waals surface area contributed by atoms with E-state index in [-0.39, 0.29) is 5.91 Å². The number of anilines is 1. The molecule has 1 amide bonds. The molecule has 0 radical (unpaired) electrons. The molecule has 1 aliphatic carbocycles. The van der Waals surface area contributed by atoms with Gasteiger partial charge in [-0.25, -0.2) is 9.97 Å². The van der Waals surface area contributed by atoms with E-state index >= 15 is 0 Å². The Kier molecular flexibility index (Phi) is 6.60. The van der Waals surface area contributed by atoms with Crippen molar-refractivity contribution in [3.63, 3.8) is 0 Å². The van der Waals surface area contributed by atoms with E-state index < -0.39 is 0 Å². The van der Waals surface area contributed by atoms with Gasteiger partial charge < -0.3 is 14.7 Å². The van der Waals surface area contributed by atoms with Crippen LogP contribution in [0.4, 0.5) is 5.82 Å². The summed E-state index contributed by atoms with van der Waals surface area (Å²) in [6, 6.07) is 16.8. The van der Waals surface area contributed by atoms with Gasteiger partial charge in [-0.3, -0.25) is 4.79 Å². The number of carbonyl (C=O) groups is 1. The minimum atomic E-state index is 0.252. The van der Waals surface area contributed by atoms with Crippen LogP contribution in [0, 0.1) is 0 Å². The van der Waals surface area contributed by atoms with Gasteiger partial charge in [-0.2, -0.15) is 0 Å². The van der Waals surface area contributed by atoms with Crippen molar-refractivity contribution in [3.8, 4) is 11.4 Å². The zero-order valence-corrected chi connectivity index (χ0v) is 20.7. The normalized spacial score (nSPS) is 16.8. The minimum Gasteiger partial charge on any atom is -0.352 e. The van der Waals surface area contributed by atoms with Crippen molar-refractivity contribution in [3.05, 3.63) is 53.0 Å². The van der Waals surface area contributed by atoms with E-state index in [4.69, 9.17) is 9.97 Å². The lowest BCUT2D eigenvalue weighted by Gasteiger charge is -2.34. The van der Waals surface area contributed by atoms with Crippen molar-refractivity contribution in [1.82, 2.24) is 19.8 Å². The zero-order valence-electron chi connectivity index (χ0n) is 19.1. The third-order valence-corrected chi connectivity index (χ3v) is 7.16. The second-order valence-electron chi connectivity index (χ2n) is 8.89. The molecule has 0 atom stereocenters. The molecule has 0 N–H and O–H groups in total. The van der Waals surface area contributed by atoms with Crippen LogP contribution in [0.25, 0.3) is 22.3 Å². The number of hydrogen-bond acceptors (Lipinski definition) is 5. The first-order chi connectivity index (χ1) is 16.1. The summed E-state index contributed by atoms with van der Waals surface area (Å²) in [6.07, 6.45) is 2.81. The van der Waals surface area contributed by atoms with E-state index in [1.807, 2.05) is 41.3 Å². The summed E-state index contributed by atoms with van der Waals surface area (Å²) in [7, 11) is 0. The van der Waals surface area contributed by atoms with Crippen LogP contribution >= 0.6 is 15.9 Å². The Morgan fingerprint density at radius 3 is 2.58 bits per heavy atom. The summed E-state index contributed by atoms with van der Waals surface area (Å²) in [5, 5.41) is 1.05. The number of para-hydroxylation sites is 1. The predicted molar refractivity (Wildman–Crippen MR) is 136 cm³/mol. The standard InChI is InChI=1S/C26H30BrN5O/c1-2-30-14-16-31(17-15-30)24(33)12-13-32(21-10-11-21)26-22-8-3-4-9-23(22)28-25(29-26)19-6-5-7-20(27)18-19/h3-9,18,21H,2,10-17H2,1H3. The Morgan fingerprint density at radius 2 is 1.85 bits per heavy atom. The highest BCUT2D eigenvalue weighted by Gasteiger charge is 2.32. The second-order valence-corrected chi connectivity index (χ2v) is 9.80. The first-order valence-corrected chi connectivity index (χ1v) is 12.7. The lowest BCUT2D eigenvalue weighted by molar-refractivity contribution is -0.132. The summed E-state index contributed by atoms with van der Waals surface area (Å²) in [5.41, 5.74) is 1.92. The molecule has 1 aromatic heterocycles. The molecule has 2 aromatic carbocycles. The average Bonchev–Trinajstić information content (AvgIpc) is 3.69. The van der Waals surface area contributed by atoms with Crippen molar-refractivity contribution in [2.45, 2.75) is 32.2 Å². The summed E-state index contributed by atoms with van der Waals surface area (Å²) >= 11 is 3.57. The smallest absolute Gasteiger partial charge is 0.224 e.